The number of hydrogen-bond donors (Lipinski definition) is 1. The molecule has 1 heterocycles. The van der Waals surface area contributed by atoms with Gasteiger partial charge in [-0.05, 0) is 58.6 Å². The fraction of sp³-hybridized carbons (Fsp3) is 0.667. The summed E-state index contributed by atoms with van der Waals surface area (Å²) in [5, 5.41) is 3.62. The van der Waals surface area contributed by atoms with Gasteiger partial charge in [0.2, 0.25) is 0 Å². The van der Waals surface area contributed by atoms with Crippen LogP contribution in [0, 0.1) is 5.41 Å². The van der Waals surface area contributed by atoms with Gasteiger partial charge in [0.05, 0.1) is 0 Å². The van der Waals surface area contributed by atoms with Crippen molar-refractivity contribution in [2.75, 3.05) is 26.2 Å². The highest BCUT2D eigenvalue weighted by molar-refractivity contribution is 5.68. The number of hydrogen-bond acceptors (Lipinski definition) is 3. The molecule has 0 radical (unpaired) electrons. The fourth-order valence-electron chi connectivity index (χ4n) is 3.48. The standard InChI is InChI=1S/C21H34N2O2/c1-5-21(16-22-14-12-18-10-7-6-8-11-18)13-9-15-23(17-21)19(24)25-20(2,3)4/h6-8,10-11,22H,5,9,12-17H2,1-4H3. The third-order valence-corrected chi connectivity index (χ3v) is 5.00. The summed E-state index contributed by atoms with van der Waals surface area (Å²) < 4.78 is 5.57. The number of ether oxygens (including phenoxy) is 1. The van der Waals surface area contributed by atoms with Crippen LogP contribution in [0.4, 0.5) is 4.79 Å². The van der Waals surface area contributed by atoms with E-state index < -0.39 is 5.60 Å². The van der Waals surface area contributed by atoms with Crippen LogP contribution in [-0.2, 0) is 11.2 Å². The lowest BCUT2D eigenvalue weighted by molar-refractivity contribution is 0.00342. The second kappa shape index (κ2) is 8.70. The maximum atomic E-state index is 12.4. The van der Waals surface area contributed by atoms with E-state index in [1.807, 2.05) is 25.7 Å². The van der Waals surface area contributed by atoms with Crippen LogP contribution in [0.15, 0.2) is 30.3 Å². The van der Waals surface area contributed by atoms with E-state index in [0.717, 1.165) is 45.4 Å². The van der Waals surface area contributed by atoms with Gasteiger partial charge in [-0.25, -0.2) is 4.79 Å². The second-order valence-electron chi connectivity index (χ2n) is 8.27. The van der Waals surface area contributed by atoms with E-state index in [0.29, 0.717) is 0 Å². The van der Waals surface area contributed by atoms with Crippen LogP contribution in [0.3, 0.4) is 0 Å². The first-order valence-corrected chi connectivity index (χ1v) is 9.56. The molecule has 0 saturated carbocycles. The van der Waals surface area contributed by atoms with Gasteiger partial charge in [0, 0.05) is 25.0 Å². The molecule has 1 aliphatic rings. The Morgan fingerprint density at radius 2 is 2.00 bits per heavy atom. The molecular formula is C21H34N2O2. The van der Waals surface area contributed by atoms with Gasteiger partial charge in [0.15, 0.2) is 0 Å². The van der Waals surface area contributed by atoms with Gasteiger partial charge in [-0.3, -0.25) is 0 Å². The van der Waals surface area contributed by atoms with Crippen molar-refractivity contribution in [3.63, 3.8) is 0 Å². The topological polar surface area (TPSA) is 41.6 Å². The Balaban J connectivity index is 1.84. The Morgan fingerprint density at radius 1 is 1.28 bits per heavy atom. The minimum absolute atomic E-state index is 0.159. The number of likely N-dealkylation sites (tertiary alicyclic amines) is 1. The summed E-state index contributed by atoms with van der Waals surface area (Å²) >= 11 is 0. The lowest BCUT2D eigenvalue weighted by Gasteiger charge is -2.43. The highest BCUT2D eigenvalue weighted by atomic mass is 16.6. The molecule has 1 fully saturated rings. The molecule has 140 valence electrons. The summed E-state index contributed by atoms with van der Waals surface area (Å²) in [6.07, 6.45) is 4.16. The first-order valence-electron chi connectivity index (χ1n) is 9.56. The van der Waals surface area contributed by atoms with Gasteiger partial charge in [0.1, 0.15) is 5.60 Å². The van der Waals surface area contributed by atoms with E-state index in [-0.39, 0.29) is 11.5 Å². The first kappa shape index (κ1) is 19.8. The summed E-state index contributed by atoms with van der Waals surface area (Å²) in [6.45, 7) is 11.5. The first-order chi connectivity index (χ1) is 11.8. The zero-order valence-corrected chi connectivity index (χ0v) is 16.3. The molecule has 0 aliphatic carbocycles. The van der Waals surface area contributed by atoms with Gasteiger partial charge in [-0.1, -0.05) is 37.3 Å². The normalized spacial score (nSPS) is 21.2. The third-order valence-electron chi connectivity index (χ3n) is 5.00. The lowest BCUT2D eigenvalue weighted by Crippen LogP contribution is -2.51. The molecule has 4 heteroatoms. The average Bonchev–Trinajstić information content (AvgIpc) is 2.58. The molecule has 1 aliphatic heterocycles. The monoisotopic (exact) mass is 346 g/mol. The molecule has 1 unspecified atom stereocenters. The van der Waals surface area contributed by atoms with Gasteiger partial charge < -0.3 is 15.0 Å². The fourth-order valence-corrected chi connectivity index (χ4v) is 3.48. The van der Waals surface area contributed by atoms with Gasteiger partial charge in [-0.2, -0.15) is 0 Å². The Labute approximate surface area is 152 Å². The predicted molar refractivity (Wildman–Crippen MR) is 103 cm³/mol. The largest absolute Gasteiger partial charge is 0.444 e. The molecule has 1 amide bonds. The molecule has 1 aromatic carbocycles. The number of carbonyl (C=O) groups is 1. The molecule has 4 nitrogen and oxygen atoms in total. The minimum atomic E-state index is -0.433. The smallest absolute Gasteiger partial charge is 0.410 e. The van der Waals surface area contributed by atoms with Crippen LogP contribution in [0.2, 0.25) is 0 Å². The number of nitrogens with zero attached hydrogens (tertiary/aromatic N) is 1. The van der Waals surface area contributed by atoms with Crippen molar-refractivity contribution < 1.29 is 9.53 Å². The summed E-state index contributed by atoms with van der Waals surface area (Å²) in [5.41, 5.74) is 1.09. The Morgan fingerprint density at radius 3 is 2.64 bits per heavy atom. The van der Waals surface area contributed by atoms with E-state index in [4.69, 9.17) is 4.74 Å². The average molecular weight is 347 g/mol. The van der Waals surface area contributed by atoms with Gasteiger partial charge in [-0.15, -0.1) is 0 Å². The molecule has 0 bridgehead atoms. The third kappa shape index (κ3) is 6.35. The Kier molecular flexibility index (Phi) is 6.88. The minimum Gasteiger partial charge on any atom is -0.444 e. The van der Waals surface area contributed by atoms with E-state index in [9.17, 15) is 4.79 Å². The van der Waals surface area contributed by atoms with Crippen molar-refractivity contribution in [1.82, 2.24) is 10.2 Å². The van der Waals surface area contributed by atoms with Crippen LogP contribution in [0.1, 0.15) is 52.5 Å². The summed E-state index contributed by atoms with van der Waals surface area (Å²) in [4.78, 5) is 14.3. The molecular weight excluding hydrogens is 312 g/mol. The summed E-state index contributed by atoms with van der Waals surface area (Å²) in [5.74, 6) is 0. The number of benzene rings is 1. The van der Waals surface area contributed by atoms with Crippen LogP contribution in [0.5, 0.6) is 0 Å². The van der Waals surface area contributed by atoms with Crippen LogP contribution in [0.25, 0.3) is 0 Å². The molecule has 25 heavy (non-hydrogen) atoms. The van der Waals surface area contributed by atoms with Crippen molar-refractivity contribution in [1.29, 1.82) is 0 Å². The molecule has 1 atom stereocenters. The maximum absolute atomic E-state index is 12.4. The van der Waals surface area contributed by atoms with Gasteiger partial charge in [0.25, 0.3) is 0 Å². The van der Waals surface area contributed by atoms with Crippen molar-refractivity contribution in [2.24, 2.45) is 5.41 Å². The Bertz CT molecular complexity index is 539. The van der Waals surface area contributed by atoms with E-state index >= 15 is 0 Å². The highest BCUT2D eigenvalue weighted by Crippen LogP contribution is 2.33. The number of carbonyl (C=O) groups excluding carboxylic acids is 1. The quantitative estimate of drug-likeness (QED) is 0.783. The van der Waals surface area contributed by atoms with Gasteiger partial charge >= 0.3 is 6.09 Å². The number of piperidine rings is 1. The number of amides is 1. The maximum Gasteiger partial charge on any atom is 0.410 e. The van der Waals surface area contributed by atoms with E-state index in [2.05, 4.69) is 42.6 Å². The Hall–Kier alpha value is -1.55. The van der Waals surface area contributed by atoms with Crippen molar-refractivity contribution >= 4 is 6.09 Å². The number of rotatable bonds is 6. The number of nitrogens with one attached hydrogen (secondary N) is 1. The van der Waals surface area contributed by atoms with E-state index in [1.54, 1.807) is 0 Å². The predicted octanol–water partition coefficient (Wildman–Crippen LogP) is 4.25. The van der Waals surface area contributed by atoms with Crippen molar-refractivity contribution in [3.05, 3.63) is 35.9 Å². The van der Waals surface area contributed by atoms with Crippen molar-refractivity contribution in [3.8, 4) is 0 Å². The molecule has 2 rings (SSSR count). The lowest BCUT2D eigenvalue weighted by atomic mass is 9.77. The molecule has 1 saturated heterocycles. The summed E-state index contributed by atoms with van der Waals surface area (Å²) in [7, 11) is 0. The SMILES string of the molecule is CCC1(CNCCc2ccccc2)CCCN(C(=O)OC(C)(C)C)C1. The van der Waals surface area contributed by atoms with Crippen molar-refractivity contribution in [2.45, 2.75) is 59.0 Å². The van der Waals surface area contributed by atoms with Crippen LogP contribution in [-0.4, -0.2) is 42.8 Å². The molecule has 1 N–H and O–H groups in total. The van der Waals surface area contributed by atoms with E-state index in [1.165, 1.54) is 12.0 Å². The summed E-state index contributed by atoms with van der Waals surface area (Å²) in [6, 6.07) is 10.6. The van der Waals surface area contributed by atoms with Crippen LogP contribution < -0.4 is 5.32 Å². The molecule has 0 aromatic heterocycles. The molecule has 1 aromatic rings. The highest BCUT2D eigenvalue weighted by Gasteiger charge is 2.36. The zero-order valence-electron chi connectivity index (χ0n) is 16.3. The second-order valence-corrected chi connectivity index (χ2v) is 8.27. The van der Waals surface area contributed by atoms with Crippen LogP contribution >= 0.6 is 0 Å². The molecule has 0 spiro atoms. The zero-order chi connectivity index (χ0) is 18.3.